The summed E-state index contributed by atoms with van der Waals surface area (Å²) in [6.45, 7) is 12.1. The van der Waals surface area contributed by atoms with Crippen molar-refractivity contribution in [3.63, 3.8) is 0 Å². The lowest BCUT2D eigenvalue weighted by atomic mass is 9.91. The second-order valence-corrected chi connectivity index (χ2v) is 12.8. The van der Waals surface area contributed by atoms with Crippen LogP contribution in [0.1, 0.15) is 208 Å². The number of rotatable bonds is 29. The highest BCUT2D eigenvalue weighted by Crippen LogP contribution is 2.23. The third-order valence-corrected chi connectivity index (χ3v) is 8.62. The lowest BCUT2D eigenvalue weighted by Gasteiger charge is -2.15. The Hall–Kier alpha value is 0. The van der Waals surface area contributed by atoms with Gasteiger partial charge in [0.25, 0.3) is 0 Å². The van der Waals surface area contributed by atoms with Gasteiger partial charge in [0.1, 0.15) is 0 Å². The highest BCUT2D eigenvalue weighted by Gasteiger charge is 2.07. The molecule has 3 atom stereocenters. The molecule has 0 aliphatic heterocycles. The van der Waals surface area contributed by atoms with Crippen molar-refractivity contribution in [2.24, 2.45) is 17.8 Å². The van der Waals surface area contributed by atoms with E-state index >= 15 is 0 Å². The molecule has 212 valence electrons. The van der Waals surface area contributed by atoms with Gasteiger partial charge >= 0.3 is 0 Å². The highest BCUT2D eigenvalue weighted by atomic mass is 14.1. The van der Waals surface area contributed by atoms with Gasteiger partial charge in [0, 0.05) is 0 Å². The van der Waals surface area contributed by atoms with E-state index in [4.69, 9.17) is 0 Å². The molecular formula is C35H72. The summed E-state index contributed by atoms with van der Waals surface area (Å²) in [5, 5.41) is 0. The lowest BCUT2D eigenvalue weighted by molar-refractivity contribution is 0.377. The highest BCUT2D eigenvalue weighted by molar-refractivity contribution is 4.61. The second-order valence-electron chi connectivity index (χ2n) is 12.8. The summed E-state index contributed by atoms with van der Waals surface area (Å²) in [4.78, 5) is 0. The minimum Gasteiger partial charge on any atom is -0.0654 e. The van der Waals surface area contributed by atoms with E-state index in [0.29, 0.717) is 0 Å². The minimum absolute atomic E-state index is 0.945. The van der Waals surface area contributed by atoms with Crippen molar-refractivity contribution < 1.29 is 0 Å². The van der Waals surface area contributed by atoms with Gasteiger partial charge in [-0.05, 0) is 17.8 Å². The zero-order valence-electron chi connectivity index (χ0n) is 25.8. The number of unbranched alkanes of at least 4 members (excludes halogenated alkanes) is 17. The first-order valence-electron chi connectivity index (χ1n) is 17.1. The molecule has 0 spiro atoms. The Bertz CT molecular complexity index is 372. The molecule has 0 saturated heterocycles. The van der Waals surface area contributed by atoms with Gasteiger partial charge in [-0.3, -0.25) is 0 Å². The summed E-state index contributed by atoms with van der Waals surface area (Å²) in [6, 6.07) is 0. The Balaban J connectivity index is 3.25. The molecule has 0 aromatic carbocycles. The van der Waals surface area contributed by atoms with Gasteiger partial charge in [-0.1, -0.05) is 208 Å². The molecular weight excluding hydrogens is 420 g/mol. The first-order chi connectivity index (χ1) is 17.1. The Labute approximate surface area is 225 Å². The smallest absolute Gasteiger partial charge is 0.0443 e. The summed E-state index contributed by atoms with van der Waals surface area (Å²) in [5.74, 6) is 2.84. The van der Waals surface area contributed by atoms with E-state index in [1.807, 2.05) is 0 Å². The average Bonchev–Trinajstić information content (AvgIpc) is 2.83. The van der Waals surface area contributed by atoms with Gasteiger partial charge in [0.05, 0.1) is 0 Å². The van der Waals surface area contributed by atoms with Crippen LogP contribution in [-0.2, 0) is 0 Å². The summed E-state index contributed by atoms with van der Waals surface area (Å²) >= 11 is 0. The van der Waals surface area contributed by atoms with Crippen molar-refractivity contribution in [3.8, 4) is 0 Å². The van der Waals surface area contributed by atoms with Crippen LogP contribution in [0.3, 0.4) is 0 Å². The Morgan fingerprint density at radius 3 is 0.829 bits per heavy atom. The van der Waals surface area contributed by atoms with Crippen LogP contribution in [0.4, 0.5) is 0 Å². The SMILES string of the molecule is CCCCCCCCCCCCCCCCCCCC[C@H](C)CCC[C@H](C)CCC[C@H](C)CCC. The van der Waals surface area contributed by atoms with E-state index in [1.165, 1.54) is 173 Å². The van der Waals surface area contributed by atoms with Crippen LogP contribution >= 0.6 is 0 Å². The zero-order chi connectivity index (χ0) is 25.8. The van der Waals surface area contributed by atoms with E-state index in [0.717, 1.165) is 17.8 Å². The van der Waals surface area contributed by atoms with Crippen LogP contribution < -0.4 is 0 Å². The molecule has 0 rings (SSSR count). The van der Waals surface area contributed by atoms with Crippen molar-refractivity contribution in [2.45, 2.75) is 208 Å². The third kappa shape index (κ3) is 28.4. The average molecular weight is 493 g/mol. The molecule has 35 heavy (non-hydrogen) atoms. The summed E-state index contributed by atoms with van der Waals surface area (Å²) in [6.07, 6.45) is 39.6. The van der Waals surface area contributed by atoms with E-state index in [2.05, 4.69) is 34.6 Å². The zero-order valence-corrected chi connectivity index (χ0v) is 25.8. The maximum Gasteiger partial charge on any atom is -0.0443 e. The Kier molecular flexibility index (Phi) is 28.6. The summed E-state index contributed by atoms with van der Waals surface area (Å²) < 4.78 is 0. The van der Waals surface area contributed by atoms with Gasteiger partial charge in [0.15, 0.2) is 0 Å². The number of hydrogen-bond acceptors (Lipinski definition) is 0. The fourth-order valence-corrected chi connectivity index (χ4v) is 5.95. The molecule has 0 unspecified atom stereocenters. The van der Waals surface area contributed by atoms with Gasteiger partial charge in [-0.2, -0.15) is 0 Å². The molecule has 0 heteroatoms. The van der Waals surface area contributed by atoms with Crippen molar-refractivity contribution in [1.82, 2.24) is 0 Å². The minimum atomic E-state index is 0.945. The maximum atomic E-state index is 2.50. The molecule has 0 nitrogen and oxygen atoms in total. The monoisotopic (exact) mass is 493 g/mol. The van der Waals surface area contributed by atoms with Crippen LogP contribution in [0.2, 0.25) is 0 Å². The molecule has 0 aliphatic carbocycles. The molecule has 0 amide bonds. The summed E-state index contributed by atoms with van der Waals surface area (Å²) in [7, 11) is 0. The van der Waals surface area contributed by atoms with Crippen molar-refractivity contribution in [3.05, 3.63) is 0 Å². The molecule has 0 aromatic heterocycles. The predicted molar refractivity (Wildman–Crippen MR) is 163 cm³/mol. The normalized spacial score (nSPS) is 14.3. The van der Waals surface area contributed by atoms with Gasteiger partial charge < -0.3 is 0 Å². The van der Waals surface area contributed by atoms with Crippen molar-refractivity contribution in [1.29, 1.82) is 0 Å². The number of hydrogen-bond donors (Lipinski definition) is 0. The van der Waals surface area contributed by atoms with Crippen LogP contribution in [0.25, 0.3) is 0 Å². The van der Waals surface area contributed by atoms with Crippen LogP contribution in [0.5, 0.6) is 0 Å². The molecule has 0 bridgehead atoms. The van der Waals surface area contributed by atoms with E-state index in [1.54, 1.807) is 0 Å². The molecule has 0 aromatic rings. The molecule has 0 fully saturated rings. The van der Waals surface area contributed by atoms with Gasteiger partial charge in [-0.15, -0.1) is 0 Å². The van der Waals surface area contributed by atoms with Crippen molar-refractivity contribution in [2.75, 3.05) is 0 Å². The lowest BCUT2D eigenvalue weighted by Crippen LogP contribution is -2.01. The molecule has 0 heterocycles. The van der Waals surface area contributed by atoms with Crippen LogP contribution in [-0.4, -0.2) is 0 Å². The molecule has 0 N–H and O–H groups in total. The Morgan fingerprint density at radius 2 is 0.514 bits per heavy atom. The molecule has 0 saturated carbocycles. The van der Waals surface area contributed by atoms with E-state index in [-0.39, 0.29) is 0 Å². The fraction of sp³-hybridized carbons (Fsp3) is 1.00. The van der Waals surface area contributed by atoms with Gasteiger partial charge in [-0.25, -0.2) is 0 Å². The molecule has 0 radical (unpaired) electrons. The third-order valence-electron chi connectivity index (χ3n) is 8.62. The Morgan fingerprint density at radius 1 is 0.257 bits per heavy atom. The predicted octanol–water partition coefficient (Wildman–Crippen LogP) is 13.5. The first kappa shape index (κ1) is 35.0. The second kappa shape index (κ2) is 28.6. The first-order valence-corrected chi connectivity index (χ1v) is 17.1. The largest absolute Gasteiger partial charge is 0.0654 e. The van der Waals surface area contributed by atoms with Crippen LogP contribution in [0, 0.1) is 17.8 Å². The standard InChI is InChI=1S/C35H72/c1-6-8-9-10-11-12-13-14-15-16-17-18-19-20-21-22-23-24-28-34(4)30-26-32-35(5)31-25-29-33(3)27-7-2/h33-35H,6-32H2,1-5H3/t33-,34+,35-/m1/s1. The van der Waals surface area contributed by atoms with Crippen LogP contribution in [0.15, 0.2) is 0 Å². The van der Waals surface area contributed by atoms with E-state index in [9.17, 15) is 0 Å². The quantitative estimate of drug-likeness (QED) is 0.0910. The van der Waals surface area contributed by atoms with Gasteiger partial charge in [0.2, 0.25) is 0 Å². The topological polar surface area (TPSA) is 0 Å². The van der Waals surface area contributed by atoms with Crippen molar-refractivity contribution >= 4 is 0 Å². The molecule has 0 aliphatic rings. The fourth-order valence-electron chi connectivity index (χ4n) is 5.95. The maximum absolute atomic E-state index is 2.50. The van der Waals surface area contributed by atoms with E-state index < -0.39 is 0 Å². The summed E-state index contributed by atoms with van der Waals surface area (Å²) in [5.41, 5.74) is 0.